The summed E-state index contributed by atoms with van der Waals surface area (Å²) in [5.41, 5.74) is 4.96. The normalized spacial score (nSPS) is 12.0. The predicted molar refractivity (Wildman–Crippen MR) is 174 cm³/mol. The third-order valence-electron chi connectivity index (χ3n) is 6.44. The summed E-state index contributed by atoms with van der Waals surface area (Å²) in [6.45, 7) is 10.1. The van der Waals surface area contributed by atoms with E-state index >= 15 is 0 Å². The van der Waals surface area contributed by atoms with Crippen LogP contribution in [0.4, 0.5) is 11.4 Å². The van der Waals surface area contributed by atoms with Gasteiger partial charge in [-0.25, -0.2) is 0 Å². The minimum atomic E-state index is -3.77. The molecule has 0 unspecified atom stereocenters. The van der Waals surface area contributed by atoms with Gasteiger partial charge in [-0.05, 0) is 59.9 Å². The van der Waals surface area contributed by atoms with Gasteiger partial charge in [-0.15, -0.1) is 0 Å². The number of benzene rings is 3. The van der Waals surface area contributed by atoms with Crippen molar-refractivity contribution in [2.75, 3.05) is 56.8 Å². The van der Waals surface area contributed by atoms with Crippen LogP contribution in [0, 0.1) is 12.3 Å². The van der Waals surface area contributed by atoms with Crippen molar-refractivity contribution in [2.24, 2.45) is 5.41 Å². The summed E-state index contributed by atoms with van der Waals surface area (Å²) in [4.78, 5) is 14.3. The molecule has 0 aromatic heterocycles. The molecule has 0 atom stereocenters. The van der Waals surface area contributed by atoms with Gasteiger partial charge in [0.2, 0.25) is 5.91 Å². The van der Waals surface area contributed by atoms with Crippen LogP contribution in [0.5, 0.6) is 0 Å². The molecular formula is C34H44N2O6S. The number of amides is 1. The SMILES string of the molecule is Cc1ccc(S(=O)(=O)OCCOCCOCCNc2ccc(/C=C/c3ccc(N(C)C(=O)CC(C)(C)C)cc3)cc2)cc1. The molecule has 3 aromatic rings. The van der Waals surface area contributed by atoms with Crippen LogP contribution in [0.25, 0.3) is 12.2 Å². The molecule has 0 heterocycles. The standard InChI is InChI=1S/C34H44N2O6S/c1-27-6-18-32(19-7-27)43(38,39)42-25-24-41-23-22-40-21-20-35-30-14-10-28(11-15-30)8-9-29-12-16-31(17-13-29)36(5)33(37)26-34(2,3)4/h6-19,35H,20-26H2,1-5H3/b9-8+. The number of carbonyl (C=O) groups is 1. The van der Waals surface area contributed by atoms with Gasteiger partial charge in [0.05, 0.1) is 37.9 Å². The van der Waals surface area contributed by atoms with E-state index in [0.29, 0.717) is 32.8 Å². The number of hydrogen-bond donors (Lipinski definition) is 1. The van der Waals surface area contributed by atoms with E-state index in [1.807, 2.05) is 68.6 Å². The number of ether oxygens (including phenoxy) is 2. The highest BCUT2D eigenvalue weighted by Gasteiger charge is 2.19. The highest BCUT2D eigenvalue weighted by Crippen LogP contribution is 2.23. The van der Waals surface area contributed by atoms with Gasteiger partial charge >= 0.3 is 0 Å². The van der Waals surface area contributed by atoms with Crippen LogP contribution in [0.15, 0.2) is 77.7 Å². The van der Waals surface area contributed by atoms with E-state index < -0.39 is 10.1 Å². The van der Waals surface area contributed by atoms with Gasteiger partial charge in [-0.1, -0.05) is 74.9 Å². The van der Waals surface area contributed by atoms with Crippen molar-refractivity contribution in [3.05, 3.63) is 89.5 Å². The van der Waals surface area contributed by atoms with E-state index in [0.717, 1.165) is 28.1 Å². The molecule has 1 N–H and O–H groups in total. The minimum absolute atomic E-state index is 0.0427. The first kappa shape index (κ1) is 34.0. The first-order valence-electron chi connectivity index (χ1n) is 14.4. The highest BCUT2D eigenvalue weighted by molar-refractivity contribution is 7.86. The minimum Gasteiger partial charge on any atom is -0.383 e. The van der Waals surface area contributed by atoms with Crippen molar-refractivity contribution < 1.29 is 26.9 Å². The maximum Gasteiger partial charge on any atom is 0.297 e. The maximum absolute atomic E-state index is 12.5. The van der Waals surface area contributed by atoms with E-state index in [1.165, 1.54) is 12.1 Å². The van der Waals surface area contributed by atoms with Crippen LogP contribution < -0.4 is 10.2 Å². The second-order valence-electron chi connectivity index (χ2n) is 11.5. The molecule has 232 valence electrons. The predicted octanol–water partition coefficient (Wildman–Crippen LogP) is 6.42. The number of rotatable bonds is 16. The number of carbonyl (C=O) groups excluding carboxylic acids is 1. The molecule has 8 nitrogen and oxygen atoms in total. The van der Waals surface area contributed by atoms with Gasteiger partial charge in [0.1, 0.15) is 0 Å². The van der Waals surface area contributed by atoms with Crippen molar-refractivity contribution in [1.82, 2.24) is 0 Å². The summed E-state index contributed by atoms with van der Waals surface area (Å²) < 4.78 is 40.2. The lowest BCUT2D eigenvalue weighted by Crippen LogP contribution is -2.29. The first-order chi connectivity index (χ1) is 20.4. The van der Waals surface area contributed by atoms with Crippen LogP contribution in [-0.2, 0) is 28.6 Å². The van der Waals surface area contributed by atoms with Crippen molar-refractivity contribution >= 4 is 39.6 Å². The zero-order valence-electron chi connectivity index (χ0n) is 25.8. The summed E-state index contributed by atoms with van der Waals surface area (Å²) in [5, 5.41) is 3.32. The number of anilines is 2. The largest absolute Gasteiger partial charge is 0.383 e. The molecule has 0 saturated carbocycles. The molecule has 0 spiro atoms. The summed E-state index contributed by atoms with van der Waals surface area (Å²) in [6.07, 6.45) is 4.61. The summed E-state index contributed by atoms with van der Waals surface area (Å²) in [7, 11) is -1.95. The lowest BCUT2D eigenvalue weighted by molar-refractivity contribution is -0.120. The average molecular weight is 609 g/mol. The molecule has 0 bridgehead atoms. The smallest absolute Gasteiger partial charge is 0.297 e. The van der Waals surface area contributed by atoms with Gasteiger partial charge in [-0.3, -0.25) is 8.98 Å². The van der Waals surface area contributed by atoms with Crippen molar-refractivity contribution in [3.8, 4) is 0 Å². The van der Waals surface area contributed by atoms with E-state index in [1.54, 1.807) is 17.0 Å². The lowest BCUT2D eigenvalue weighted by Gasteiger charge is -2.23. The Hall–Kier alpha value is -3.50. The summed E-state index contributed by atoms with van der Waals surface area (Å²) in [6, 6.07) is 22.6. The Balaban J connectivity index is 1.28. The molecule has 9 heteroatoms. The Bertz CT molecular complexity index is 1410. The molecule has 3 aromatic carbocycles. The topological polar surface area (TPSA) is 94.2 Å². The second-order valence-corrected chi connectivity index (χ2v) is 13.1. The highest BCUT2D eigenvalue weighted by atomic mass is 32.2. The number of aryl methyl sites for hydroxylation is 1. The van der Waals surface area contributed by atoms with Gasteiger partial charge in [0.25, 0.3) is 10.1 Å². The molecule has 0 fully saturated rings. The molecule has 43 heavy (non-hydrogen) atoms. The van der Waals surface area contributed by atoms with E-state index in [2.05, 4.69) is 32.2 Å². The fourth-order valence-corrected chi connectivity index (χ4v) is 4.89. The van der Waals surface area contributed by atoms with E-state index in [9.17, 15) is 13.2 Å². The molecular weight excluding hydrogens is 564 g/mol. The molecule has 0 radical (unpaired) electrons. The van der Waals surface area contributed by atoms with Gasteiger partial charge in [0, 0.05) is 31.4 Å². The molecule has 3 rings (SSSR count). The first-order valence-corrected chi connectivity index (χ1v) is 15.8. The van der Waals surface area contributed by atoms with Crippen LogP contribution in [0.1, 0.15) is 43.9 Å². The fourth-order valence-electron chi connectivity index (χ4n) is 3.99. The van der Waals surface area contributed by atoms with E-state index in [4.69, 9.17) is 13.7 Å². The molecule has 0 saturated heterocycles. The van der Waals surface area contributed by atoms with Crippen LogP contribution in [0.3, 0.4) is 0 Å². The van der Waals surface area contributed by atoms with Crippen LogP contribution >= 0.6 is 0 Å². The van der Waals surface area contributed by atoms with Crippen molar-refractivity contribution in [1.29, 1.82) is 0 Å². The van der Waals surface area contributed by atoms with Gasteiger partial charge in [-0.2, -0.15) is 8.42 Å². The molecule has 0 aliphatic rings. The Morgan fingerprint density at radius 2 is 1.33 bits per heavy atom. The Labute approximate surface area is 256 Å². The zero-order valence-corrected chi connectivity index (χ0v) is 26.7. The molecule has 0 aliphatic heterocycles. The van der Waals surface area contributed by atoms with Crippen molar-refractivity contribution in [2.45, 2.75) is 39.0 Å². The van der Waals surface area contributed by atoms with Crippen molar-refractivity contribution in [3.63, 3.8) is 0 Å². The summed E-state index contributed by atoms with van der Waals surface area (Å²) in [5.74, 6) is 0.109. The van der Waals surface area contributed by atoms with Crippen LogP contribution in [-0.4, -0.2) is 61.0 Å². The molecule has 1 amide bonds. The third-order valence-corrected chi connectivity index (χ3v) is 7.76. The third kappa shape index (κ3) is 12.3. The maximum atomic E-state index is 12.5. The summed E-state index contributed by atoms with van der Waals surface area (Å²) >= 11 is 0. The van der Waals surface area contributed by atoms with Gasteiger partial charge in [0.15, 0.2) is 0 Å². The fraction of sp³-hybridized carbons (Fsp3) is 0.382. The quantitative estimate of drug-likeness (QED) is 0.114. The molecule has 0 aliphatic carbocycles. The van der Waals surface area contributed by atoms with Crippen LogP contribution in [0.2, 0.25) is 0 Å². The Morgan fingerprint density at radius 3 is 1.91 bits per heavy atom. The zero-order chi connectivity index (χ0) is 31.3. The number of nitrogens with zero attached hydrogens (tertiary/aromatic N) is 1. The Kier molecular flexibility index (Phi) is 12.9. The van der Waals surface area contributed by atoms with Gasteiger partial charge < -0.3 is 19.7 Å². The monoisotopic (exact) mass is 608 g/mol. The Morgan fingerprint density at radius 1 is 0.791 bits per heavy atom. The number of hydrogen-bond acceptors (Lipinski definition) is 7. The second kappa shape index (κ2) is 16.4. The average Bonchev–Trinajstić information content (AvgIpc) is 2.97. The lowest BCUT2D eigenvalue weighted by atomic mass is 9.91. The number of nitrogens with one attached hydrogen (secondary N) is 1. The van der Waals surface area contributed by atoms with E-state index in [-0.39, 0.29) is 29.4 Å².